The van der Waals surface area contributed by atoms with E-state index in [1.807, 2.05) is 6.07 Å². The van der Waals surface area contributed by atoms with Gasteiger partial charge in [0, 0.05) is 26.2 Å². The zero-order valence-corrected chi connectivity index (χ0v) is 14.5. The number of carbonyl (C=O) groups is 1. The van der Waals surface area contributed by atoms with E-state index in [1.165, 1.54) is 6.07 Å². The molecule has 1 saturated heterocycles. The standard InChI is InChI=1S/C17H23F3N2O4/c1-21(11-16(23)24)9-15-10-22(5-6-25-15)8-13-3-2-4-14(7-13)26-12-17(18,19)20/h2-4,7,15H,5-6,8-12H2,1H3,(H,23,24). The van der Waals surface area contributed by atoms with Gasteiger partial charge in [-0.2, -0.15) is 13.2 Å². The number of morpholine rings is 1. The first-order chi connectivity index (χ1) is 12.2. The molecule has 146 valence electrons. The molecule has 0 spiro atoms. The molecule has 1 aromatic carbocycles. The summed E-state index contributed by atoms with van der Waals surface area (Å²) in [6.07, 6.45) is -4.48. The maximum Gasteiger partial charge on any atom is 0.422 e. The molecule has 0 aliphatic carbocycles. The van der Waals surface area contributed by atoms with Crippen LogP contribution in [0.25, 0.3) is 0 Å². The monoisotopic (exact) mass is 376 g/mol. The molecule has 26 heavy (non-hydrogen) atoms. The zero-order valence-electron chi connectivity index (χ0n) is 14.5. The first kappa shape index (κ1) is 20.5. The van der Waals surface area contributed by atoms with Gasteiger partial charge in [-0.1, -0.05) is 12.1 Å². The molecule has 0 amide bonds. The third-order valence-corrected chi connectivity index (χ3v) is 3.85. The first-order valence-electron chi connectivity index (χ1n) is 8.24. The summed E-state index contributed by atoms with van der Waals surface area (Å²) >= 11 is 0. The van der Waals surface area contributed by atoms with Gasteiger partial charge in [0.15, 0.2) is 6.61 Å². The molecule has 1 atom stereocenters. The van der Waals surface area contributed by atoms with Gasteiger partial charge in [-0.3, -0.25) is 14.6 Å². The lowest BCUT2D eigenvalue weighted by molar-refractivity contribution is -0.153. The zero-order chi connectivity index (χ0) is 19.2. The minimum atomic E-state index is -4.37. The van der Waals surface area contributed by atoms with Crippen molar-refractivity contribution in [3.05, 3.63) is 29.8 Å². The number of benzene rings is 1. The number of hydrogen-bond donors (Lipinski definition) is 1. The van der Waals surface area contributed by atoms with Gasteiger partial charge in [-0.25, -0.2) is 0 Å². The van der Waals surface area contributed by atoms with Gasteiger partial charge < -0.3 is 14.6 Å². The summed E-state index contributed by atoms with van der Waals surface area (Å²) in [5, 5.41) is 8.81. The number of ether oxygens (including phenoxy) is 2. The maximum atomic E-state index is 12.3. The van der Waals surface area contributed by atoms with Gasteiger partial charge >= 0.3 is 12.1 Å². The Morgan fingerprint density at radius 3 is 2.92 bits per heavy atom. The number of aliphatic carboxylic acids is 1. The highest BCUT2D eigenvalue weighted by Gasteiger charge is 2.28. The lowest BCUT2D eigenvalue weighted by Crippen LogP contribution is -2.47. The largest absolute Gasteiger partial charge is 0.484 e. The normalized spacial score (nSPS) is 18.9. The van der Waals surface area contributed by atoms with Crippen LogP contribution in [0.15, 0.2) is 24.3 Å². The van der Waals surface area contributed by atoms with Crippen LogP contribution in [0.2, 0.25) is 0 Å². The van der Waals surface area contributed by atoms with E-state index in [0.717, 1.165) is 5.56 Å². The molecule has 0 radical (unpaired) electrons. The van der Waals surface area contributed by atoms with E-state index in [-0.39, 0.29) is 18.4 Å². The Hall–Kier alpha value is -1.84. The van der Waals surface area contributed by atoms with Crippen molar-refractivity contribution in [3.8, 4) is 5.75 Å². The number of halogens is 3. The second kappa shape index (κ2) is 9.20. The van der Waals surface area contributed by atoms with Crippen LogP contribution in [0.5, 0.6) is 5.75 Å². The number of hydrogen-bond acceptors (Lipinski definition) is 5. The summed E-state index contributed by atoms with van der Waals surface area (Å²) in [6, 6.07) is 6.60. The van der Waals surface area contributed by atoms with Gasteiger partial charge in [-0.15, -0.1) is 0 Å². The summed E-state index contributed by atoms with van der Waals surface area (Å²) in [7, 11) is 1.72. The van der Waals surface area contributed by atoms with E-state index in [1.54, 1.807) is 24.1 Å². The Labute approximate surface area is 150 Å². The van der Waals surface area contributed by atoms with E-state index < -0.39 is 18.8 Å². The fraction of sp³-hybridized carbons (Fsp3) is 0.588. The third kappa shape index (κ3) is 7.59. The smallest absolute Gasteiger partial charge is 0.422 e. The molecule has 9 heteroatoms. The van der Waals surface area contributed by atoms with Crippen LogP contribution >= 0.6 is 0 Å². The Bertz CT molecular complexity index is 598. The third-order valence-electron chi connectivity index (χ3n) is 3.85. The van der Waals surface area contributed by atoms with Crippen LogP contribution in [-0.4, -0.2) is 79.6 Å². The van der Waals surface area contributed by atoms with Crippen LogP contribution in [0.3, 0.4) is 0 Å². The highest BCUT2D eigenvalue weighted by molar-refractivity contribution is 5.69. The predicted molar refractivity (Wildman–Crippen MR) is 88.1 cm³/mol. The highest BCUT2D eigenvalue weighted by atomic mass is 19.4. The molecule has 6 nitrogen and oxygen atoms in total. The second-order valence-electron chi connectivity index (χ2n) is 6.37. The van der Waals surface area contributed by atoms with Gasteiger partial charge in [0.2, 0.25) is 0 Å². The van der Waals surface area contributed by atoms with Gasteiger partial charge in [0.25, 0.3) is 0 Å². The SMILES string of the molecule is CN(CC(=O)O)CC1CN(Cc2cccc(OCC(F)(F)F)c2)CCO1. The lowest BCUT2D eigenvalue weighted by Gasteiger charge is -2.34. The van der Waals surface area contributed by atoms with E-state index in [9.17, 15) is 18.0 Å². The lowest BCUT2D eigenvalue weighted by atomic mass is 10.1. The number of carboxylic acids is 1. The molecule has 2 rings (SSSR count). The van der Waals surface area contributed by atoms with Crippen molar-refractivity contribution in [3.63, 3.8) is 0 Å². The molecule has 0 aromatic heterocycles. The predicted octanol–water partition coefficient (Wildman–Crippen LogP) is 1.84. The Morgan fingerprint density at radius 2 is 2.23 bits per heavy atom. The number of carboxylic acid groups (broad SMARTS) is 1. The second-order valence-corrected chi connectivity index (χ2v) is 6.37. The minimum Gasteiger partial charge on any atom is -0.484 e. The average molecular weight is 376 g/mol. The molecule has 1 aliphatic heterocycles. The van der Waals surface area contributed by atoms with E-state index in [2.05, 4.69) is 4.90 Å². The van der Waals surface area contributed by atoms with Crippen LogP contribution < -0.4 is 4.74 Å². The van der Waals surface area contributed by atoms with Gasteiger partial charge in [0.05, 0.1) is 19.3 Å². The van der Waals surface area contributed by atoms with Crippen LogP contribution in [0.4, 0.5) is 13.2 Å². The molecule has 1 unspecified atom stereocenters. The summed E-state index contributed by atoms with van der Waals surface area (Å²) < 4.78 is 47.2. The molecular formula is C17H23F3N2O4. The van der Waals surface area contributed by atoms with Crippen LogP contribution in [0, 0.1) is 0 Å². The van der Waals surface area contributed by atoms with E-state index >= 15 is 0 Å². The van der Waals surface area contributed by atoms with Crippen LogP contribution in [-0.2, 0) is 16.1 Å². The van der Waals surface area contributed by atoms with Gasteiger partial charge in [0.1, 0.15) is 5.75 Å². The molecule has 1 heterocycles. The van der Waals surface area contributed by atoms with Gasteiger partial charge in [-0.05, 0) is 24.7 Å². The first-order valence-corrected chi connectivity index (χ1v) is 8.24. The van der Waals surface area contributed by atoms with E-state index in [0.29, 0.717) is 32.8 Å². The van der Waals surface area contributed by atoms with Crippen molar-refractivity contribution in [2.24, 2.45) is 0 Å². The number of alkyl halides is 3. The number of likely N-dealkylation sites (N-methyl/N-ethyl adjacent to an activating group) is 1. The van der Waals surface area contributed by atoms with Crippen molar-refractivity contribution < 1.29 is 32.5 Å². The maximum absolute atomic E-state index is 12.3. The molecular weight excluding hydrogens is 353 g/mol. The fourth-order valence-electron chi connectivity index (χ4n) is 2.83. The van der Waals surface area contributed by atoms with Crippen molar-refractivity contribution >= 4 is 5.97 Å². The van der Waals surface area contributed by atoms with Crippen LogP contribution in [0.1, 0.15) is 5.56 Å². The summed E-state index contributed by atoms with van der Waals surface area (Å²) in [5.41, 5.74) is 0.851. The van der Waals surface area contributed by atoms with Crippen molar-refractivity contribution in [1.29, 1.82) is 0 Å². The summed E-state index contributed by atoms with van der Waals surface area (Å²) in [4.78, 5) is 14.5. The topological polar surface area (TPSA) is 62.2 Å². The molecule has 1 aliphatic rings. The Morgan fingerprint density at radius 1 is 1.46 bits per heavy atom. The quantitative estimate of drug-likeness (QED) is 0.747. The highest BCUT2D eigenvalue weighted by Crippen LogP contribution is 2.20. The number of rotatable bonds is 8. The van der Waals surface area contributed by atoms with E-state index in [4.69, 9.17) is 14.6 Å². The van der Waals surface area contributed by atoms with Crippen molar-refractivity contribution in [2.75, 3.05) is 46.4 Å². The van der Waals surface area contributed by atoms with Crippen molar-refractivity contribution in [1.82, 2.24) is 9.80 Å². The molecule has 1 fully saturated rings. The van der Waals surface area contributed by atoms with Crippen molar-refractivity contribution in [2.45, 2.75) is 18.8 Å². The average Bonchev–Trinajstić information content (AvgIpc) is 2.52. The fourth-order valence-corrected chi connectivity index (χ4v) is 2.83. The minimum absolute atomic E-state index is 0.0571. The summed E-state index contributed by atoms with van der Waals surface area (Å²) in [6.45, 7) is 1.54. The molecule has 0 bridgehead atoms. The summed E-state index contributed by atoms with van der Waals surface area (Å²) in [5.74, 6) is -0.707. The molecule has 1 N–H and O–H groups in total. The molecule has 1 aromatic rings. The molecule has 0 saturated carbocycles. The number of nitrogens with zero attached hydrogens (tertiary/aromatic N) is 2. The Kier molecular flexibility index (Phi) is 7.24. The Balaban J connectivity index is 1.86.